The van der Waals surface area contributed by atoms with Gasteiger partial charge in [0.25, 0.3) is 0 Å². The second kappa shape index (κ2) is 5.49. The van der Waals surface area contributed by atoms with E-state index < -0.39 is 18.6 Å². The molecule has 1 fully saturated rings. The zero-order valence-electron chi connectivity index (χ0n) is 8.89. The van der Waals surface area contributed by atoms with Gasteiger partial charge in [-0.3, -0.25) is 9.69 Å². The molecule has 0 aromatic carbocycles. The molecule has 16 heavy (non-hydrogen) atoms. The molecule has 1 atom stereocenters. The lowest BCUT2D eigenvalue weighted by molar-refractivity contribution is -0.139. The highest BCUT2D eigenvalue weighted by atomic mass is 19.4. The number of nitrogens with zero attached hydrogens (tertiary/aromatic N) is 1. The molecular formula is C9H16F3N3O. The van der Waals surface area contributed by atoms with Crippen molar-refractivity contribution in [3.63, 3.8) is 0 Å². The lowest BCUT2D eigenvalue weighted by Gasteiger charge is -2.29. The van der Waals surface area contributed by atoms with E-state index in [-0.39, 0.29) is 12.6 Å². The molecule has 1 aliphatic rings. The molecule has 1 rings (SSSR count). The van der Waals surface area contributed by atoms with Crippen molar-refractivity contribution in [1.29, 1.82) is 0 Å². The average molecular weight is 239 g/mol. The number of alkyl halides is 3. The number of carbonyl (C=O) groups is 1. The normalized spacial score (nSPS) is 23.1. The largest absolute Gasteiger partial charge is 0.405 e. The third-order valence-electron chi connectivity index (χ3n) is 2.40. The first-order valence-corrected chi connectivity index (χ1v) is 5.18. The van der Waals surface area contributed by atoms with Gasteiger partial charge in [0.05, 0.1) is 6.54 Å². The van der Waals surface area contributed by atoms with E-state index in [0.29, 0.717) is 13.1 Å². The third kappa shape index (κ3) is 5.32. The molecule has 1 amide bonds. The topological polar surface area (TPSA) is 58.4 Å². The molecule has 1 saturated heterocycles. The summed E-state index contributed by atoms with van der Waals surface area (Å²) in [5, 5.41) is 1.84. The van der Waals surface area contributed by atoms with Crippen LogP contribution >= 0.6 is 0 Å². The van der Waals surface area contributed by atoms with Crippen LogP contribution in [0.4, 0.5) is 13.2 Å². The highest BCUT2D eigenvalue weighted by Crippen LogP contribution is 2.12. The summed E-state index contributed by atoms with van der Waals surface area (Å²) >= 11 is 0. The van der Waals surface area contributed by atoms with Crippen LogP contribution in [-0.2, 0) is 4.79 Å². The van der Waals surface area contributed by atoms with Gasteiger partial charge >= 0.3 is 6.18 Å². The van der Waals surface area contributed by atoms with Crippen molar-refractivity contribution < 1.29 is 18.0 Å². The average Bonchev–Trinajstić information content (AvgIpc) is 2.14. The SMILES string of the molecule is NC1CCCN(CC(=O)NCC(F)(F)F)C1. The number of hydrogen-bond acceptors (Lipinski definition) is 3. The summed E-state index contributed by atoms with van der Waals surface area (Å²) in [5.74, 6) is -0.605. The summed E-state index contributed by atoms with van der Waals surface area (Å²) in [4.78, 5) is 12.9. The Bertz CT molecular complexity index is 245. The molecule has 0 spiro atoms. The summed E-state index contributed by atoms with van der Waals surface area (Å²) in [6.45, 7) is 0.00207. The van der Waals surface area contributed by atoms with Crippen molar-refractivity contribution in [1.82, 2.24) is 10.2 Å². The number of rotatable bonds is 3. The Labute approximate surface area is 92.0 Å². The molecule has 1 heterocycles. The van der Waals surface area contributed by atoms with Crippen molar-refractivity contribution >= 4 is 5.91 Å². The van der Waals surface area contributed by atoms with E-state index in [2.05, 4.69) is 0 Å². The van der Waals surface area contributed by atoms with E-state index >= 15 is 0 Å². The van der Waals surface area contributed by atoms with Gasteiger partial charge in [-0.05, 0) is 19.4 Å². The number of piperidine rings is 1. The lowest BCUT2D eigenvalue weighted by atomic mass is 10.1. The van der Waals surface area contributed by atoms with E-state index in [9.17, 15) is 18.0 Å². The minimum Gasteiger partial charge on any atom is -0.346 e. The van der Waals surface area contributed by atoms with Crippen LogP contribution in [0.5, 0.6) is 0 Å². The van der Waals surface area contributed by atoms with Gasteiger partial charge < -0.3 is 11.1 Å². The summed E-state index contributed by atoms with van der Waals surface area (Å²) in [6.07, 6.45) is -2.57. The molecule has 4 nitrogen and oxygen atoms in total. The number of likely N-dealkylation sites (tertiary alicyclic amines) is 1. The summed E-state index contributed by atoms with van der Waals surface area (Å²) < 4.78 is 35.4. The molecule has 0 aliphatic carbocycles. The highest BCUT2D eigenvalue weighted by molar-refractivity contribution is 5.78. The fourth-order valence-corrected chi connectivity index (χ4v) is 1.69. The molecule has 1 aliphatic heterocycles. The van der Waals surface area contributed by atoms with Crippen molar-refractivity contribution in [3.05, 3.63) is 0 Å². The Kier molecular flexibility index (Phi) is 4.55. The zero-order valence-corrected chi connectivity index (χ0v) is 8.89. The molecule has 94 valence electrons. The standard InChI is InChI=1S/C9H16F3N3O/c10-9(11,12)6-14-8(16)5-15-3-1-2-7(13)4-15/h7H,1-6,13H2,(H,14,16). The molecule has 0 aromatic heterocycles. The number of halogens is 3. The van der Waals surface area contributed by atoms with E-state index in [4.69, 9.17) is 5.73 Å². The summed E-state index contributed by atoms with van der Waals surface area (Å²) in [7, 11) is 0. The number of hydrogen-bond donors (Lipinski definition) is 2. The van der Waals surface area contributed by atoms with Crippen LogP contribution in [0.3, 0.4) is 0 Å². The minimum absolute atomic E-state index is 0.0101. The summed E-state index contributed by atoms with van der Waals surface area (Å²) in [6, 6.07) is 0.0177. The number of carbonyl (C=O) groups excluding carboxylic acids is 1. The van der Waals surface area contributed by atoms with Gasteiger partial charge in [-0.1, -0.05) is 0 Å². The second-order valence-electron chi connectivity index (χ2n) is 4.03. The van der Waals surface area contributed by atoms with Crippen LogP contribution in [0.2, 0.25) is 0 Å². The predicted molar refractivity (Wildman–Crippen MR) is 52.7 cm³/mol. The van der Waals surface area contributed by atoms with Crippen molar-refractivity contribution in [2.24, 2.45) is 5.73 Å². The molecule has 0 saturated carbocycles. The maximum atomic E-state index is 11.8. The molecular weight excluding hydrogens is 223 g/mol. The predicted octanol–water partition coefficient (Wildman–Crippen LogP) is 0.0880. The summed E-state index contributed by atoms with van der Waals surface area (Å²) in [5.41, 5.74) is 5.69. The van der Waals surface area contributed by atoms with Crippen LogP contribution in [0.15, 0.2) is 0 Å². The Morgan fingerprint density at radius 3 is 2.75 bits per heavy atom. The first-order chi connectivity index (χ1) is 7.37. The van der Waals surface area contributed by atoms with E-state index in [1.54, 1.807) is 4.90 Å². The molecule has 3 N–H and O–H groups in total. The van der Waals surface area contributed by atoms with Crippen LogP contribution in [-0.4, -0.2) is 49.2 Å². The molecule has 7 heteroatoms. The monoisotopic (exact) mass is 239 g/mol. The number of nitrogens with one attached hydrogen (secondary N) is 1. The number of amides is 1. The quantitative estimate of drug-likeness (QED) is 0.733. The van der Waals surface area contributed by atoms with Gasteiger partial charge in [0.15, 0.2) is 0 Å². The van der Waals surface area contributed by atoms with Crippen LogP contribution < -0.4 is 11.1 Å². The Morgan fingerprint density at radius 1 is 1.50 bits per heavy atom. The lowest BCUT2D eigenvalue weighted by Crippen LogP contribution is -2.47. The van der Waals surface area contributed by atoms with Gasteiger partial charge in [0.1, 0.15) is 6.54 Å². The molecule has 0 aromatic rings. The first kappa shape index (κ1) is 13.2. The van der Waals surface area contributed by atoms with E-state index in [1.165, 1.54) is 0 Å². The van der Waals surface area contributed by atoms with Gasteiger partial charge in [-0.15, -0.1) is 0 Å². The zero-order chi connectivity index (χ0) is 12.2. The Balaban J connectivity index is 2.23. The fraction of sp³-hybridized carbons (Fsp3) is 0.889. The van der Waals surface area contributed by atoms with Crippen molar-refractivity contribution in [3.8, 4) is 0 Å². The Hall–Kier alpha value is -0.820. The molecule has 1 unspecified atom stereocenters. The van der Waals surface area contributed by atoms with Crippen LogP contribution in [0, 0.1) is 0 Å². The minimum atomic E-state index is -4.35. The first-order valence-electron chi connectivity index (χ1n) is 5.18. The second-order valence-corrected chi connectivity index (χ2v) is 4.03. The van der Waals surface area contributed by atoms with Gasteiger partial charge in [-0.2, -0.15) is 13.2 Å². The highest BCUT2D eigenvalue weighted by Gasteiger charge is 2.28. The van der Waals surface area contributed by atoms with Gasteiger partial charge in [0.2, 0.25) is 5.91 Å². The third-order valence-corrected chi connectivity index (χ3v) is 2.40. The maximum Gasteiger partial charge on any atom is 0.405 e. The fourth-order valence-electron chi connectivity index (χ4n) is 1.69. The van der Waals surface area contributed by atoms with Crippen LogP contribution in [0.1, 0.15) is 12.8 Å². The maximum absolute atomic E-state index is 11.8. The molecule has 0 radical (unpaired) electrons. The Morgan fingerprint density at radius 2 is 2.19 bits per heavy atom. The van der Waals surface area contributed by atoms with E-state index in [1.807, 2.05) is 5.32 Å². The molecule has 0 bridgehead atoms. The smallest absolute Gasteiger partial charge is 0.346 e. The van der Waals surface area contributed by atoms with Gasteiger partial charge in [0, 0.05) is 12.6 Å². The number of nitrogens with two attached hydrogens (primary N) is 1. The van der Waals surface area contributed by atoms with Crippen molar-refractivity contribution in [2.75, 3.05) is 26.2 Å². The van der Waals surface area contributed by atoms with Crippen molar-refractivity contribution in [2.45, 2.75) is 25.1 Å². The van der Waals surface area contributed by atoms with Gasteiger partial charge in [-0.25, -0.2) is 0 Å². The van der Waals surface area contributed by atoms with E-state index in [0.717, 1.165) is 12.8 Å². The van der Waals surface area contributed by atoms with Crippen LogP contribution in [0.25, 0.3) is 0 Å².